The fraction of sp³-hybridized carbons (Fsp3) is 0.391. The minimum Gasteiger partial charge on any atom is -0.464 e. The molecular weight excluding hydrogens is 372 g/mol. The molecule has 6 heteroatoms. The van der Waals surface area contributed by atoms with Crippen molar-refractivity contribution in [3.63, 3.8) is 0 Å². The molecule has 0 saturated carbocycles. The van der Waals surface area contributed by atoms with E-state index in [1.54, 1.807) is 24.3 Å². The van der Waals surface area contributed by atoms with Crippen LogP contribution in [-0.4, -0.2) is 30.9 Å². The maximum Gasteiger partial charge on any atom is 0.342 e. The van der Waals surface area contributed by atoms with E-state index >= 15 is 0 Å². The zero-order chi connectivity index (χ0) is 20.5. The number of hydrogen-bond donors (Lipinski definition) is 0. The molecule has 2 unspecified atom stereocenters. The van der Waals surface area contributed by atoms with E-state index in [2.05, 4.69) is 0 Å². The number of carbonyl (C=O) groups is 2. The molecule has 2 aromatic carbocycles. The van der Waals surface area contributed by atoms with Gasteiger partial charge in [0.2, 0.25) is 6.29 Å². The number of benzene rings is 2. The van der Waals surface area contributed by atoms with Crippen LogP contribution >= 0.6 is 0 Å². The fourth-order valence-electron chi connectivity index (χ4n) is 3.05. The van der Waals surface area contributed by atoms with Crippen molar-refractivity contribution >= 4 is 11.9 Å². The third kappa shape index (κ3) is 6.32. The topological polar surface area (TPSA) is 71.1 Å². The van der Waals surface area contributed by atoms with E-state index in [-0.39, 0.29) is 18.7 Å². The molecule has 154 valence electrons. The number of esters is 2. The summed E-state index contributed by atoms with van der Waals surface area (Å²) in [5.41, 5.74) is 1.24. The van der Waals surface area contributed by atoms with Crippen molar-refractivity contribution < 1.29 is 28.5 Å². The first-order valence-corrected chi connectivity index (χ1v) is 9.93. The van der Waals surface area contributed by atoms with Crippen LogP contribution in [-0.2, 0) is 25.6 Å². The second-order valence-corrected chi connectivity index (χ2v) is 6.86. The minimum atomic E-state index is -0.591. The van der Waals surface area contributed by atoms with E-state index in [1.807, 2.05) is 37.3 Å². The minimum absolute atomic E-state index is 0.184. The molecule has 0 bridgehead atoms. The first-order valence-electron chi connectivity index (χ1n) is 9.93. The Bertz CT molecular complexity index is 804. The molecule has 0 spiro atoms. The highest BCUT2D eigenvalue weighted by molar-refractivity contribution is 5.92. The normalized spacial score (nSPS) is 18.7. The van der Waals surface area contributed by atoms with Crippen molar-refractivity contribution in [2.75, 3.05) is 6.61 Å². The molecule has 1 fully saturated rings. The third-order valence-electron chi connectivity index (χ3n) is 4.53. The van der Waals surface area contributed by atoms with Crippen LogP contribution in [0.5, 0.6) is 5.75 Å². The number of hydrogen-bond acceptors (Lipinski definition) is 6. The van der Waals surface area contributed by atoms with Gasteiger partial charge in [0.1, 0.15) is 24.0 Å². The largest absolute Gasteiger partial charge is 0.464 e. The van der Waals surface area contributed by atoms with Gasteiger partial charge in [-0.05, 0) is 24.1 Å². The fourth-order valence-corrected chi connectivity index (χ4v) is 3.05. The summed E-state index contributed by atoms with van der Waals surface area (Å²) in [6, 6.07) is 16.4. The van der Waals surface area contributed by atoms with E-state index < -0.39 is 12.3 Å². The first kappa shape index (κ1) is 20.9. The molecule has 2 atom stereocenters. The summed E-state index contributed by atoms with van der Waals surface area (Å²) in [6.07, 6.45) is 1.37. The average Bonchev–Trinajstić information content (AvgIpc) is 2.73. The Balaban J connectivity index is 1.59. The standard InChI is InChI=1S/C23H26O6/c1-2-8-21(24)28-18-13-14-26-22(15-18)29-20-12-7-6-11-19(20)23(25)27-16-17-9-4-3-5-10-17/h3-7,9-12,18,22H,2,8,13-16H2,1H3. The van der Waals surface area contributed by atoms with E-state index in [0.29, 0.717) is 37.2 Å². The molecule has 29 heavy (non-hydrogen) atoms. The van der Waals surface area contributed by atoms with Gasteiger partial charge >= 0.3 is 11.9 Å². The number of carbonyl (C=O) groups excluding carboxylic acids is 2. The van der Waals surface area contributed by atoms with Gasteiger partial charge in [-0.1, -0.05) is 49.4 Å². The molecule has 3 rings (SSSR count). The molecule has 0 aromatic heterocycles. The van der Waals surface area contributed by atoms with E-state index in [1.165, 1.54) is 0 Å². The van der Waals surface area contributed by atoms with Gasteiger partial charge in [0.15, 0.2) is 0 Å². The molecule has 0 amide bonds. The highest BCUT2D eigenvalue weighted by atomic mass is 16.7. The molecule has 1 aliphatic rings. The van der Waals surface area contributed by atoms with Crippen LogP contribution in [0.4, 0.5) is 0 Å². The van der Waals surface area contributed by atoms with Crippen LogP contribution in [0.3, 0.4) is 0 Å². The molecule has 6 nitrogen and oxygen atoms in total. The quantitative estimate of drug-likeness (QED) is 0.619. The lowest BCUT2D eigenvalue weighted by Crippen LogP contribution is -2.35. The van der Waals surface area contributed by atoms with Crippen LogP contribution in [0.15, 0.2) is 54.6 Å². The number of ether oxygens (including phenoxy) is 4. The lowest BCUT2D eigenvalue weighted by atomic mass is 10.1. The van der Waals surface area contributed by atoms with Crippen molar-refractivity contribution in [3.05, 3.63) is 65.7 Å². The number of para-hydroxylation sites is 1. The number of rotatable bonds is 8. The Labute approximate surface area is 170 Å². The zero-order valence-corrected chi connectivity index (χ0v) is 16.5. The summed E-state index contributed by atoms with van der Waals surface area (Å²) in [5, 5.41) is 0. The molecule has 0 N–H and O–H groups in total. The second-order valence-electron chi connectivity index (χ2n) is 6.86. The lowest BCUT2D eigenvalue weighted by molar-refractivity contribution is -0.170. The van der Waals surface area contributed by atoms with Crippen LogP contribution in [0, 0.1) is 0 Å². The summed E-state index contributed by atoms with van der Waals surface area (Å²) in [4.78, 5) is 24.3. The maximum atomic E-state index is 12.5. The van der Waals surface area contributed by atoms with Crippen molar-refractivity contribution in [2.45, 2.75) is 51.6 Å². The van der Waals surface area contributed by atoms with E-state index in [0.717, 1.165) is 12.0 Å². The Hall–Kier alpha value is -2.86. The zero-order valence-electron chi connectivity index (χ0n) is 16.5. The first-order chi connectivity index (χ1) is 14.2. The third-order valence-corrected chi connectivity index (χ3v) is 4.53. The molecule has 1 aliphatic heterocycles. The Morgan fingerprint density at radius 3 is 2.62 bits per heavy atom. The predicted molar refractivity (Wildman–Crippen MR) is 106 cm³/mol. The van der Waals surface area contributed by atoms with Crippen molar-refractivity contribution in [2.24, 2.45) is 0 Å². The van der Waals surface area contributed by atoms with Gasteiger partial charge in [0.05, 0.1) is 6.61 Å². The maximum absolute atomic E-state index is 12.5. The highest BCUT2D eigenvalue weighted by Crippen LogP contribution is 2.25. The van der Waals surface area contributed by atoms with Crippen LogP contribution in [0.1, 0.15) is 48.5 Å². The molecule has 0 radical (unpaired) electrons. The van der Waals surface area contributed by atoms with Crippen LogP contribution in [0.2, 0.25) is 0 Å². The van der Waals surface area contributed by atoms with Crippen LogP contribution < -0.4 is 4.74 Å². The van der Waals surface area contributed by atoms with E-state index in [4.69, 9.17) is 18.9 Å². The average molecular weight is 398 g/mol. The van der Waals surface area contributed by atoms with Crippen LogP contribution in [0.25, 0.3) is 0 Å². The van der Waals surface area contributed by atoms with Gasteiger partial charge in [-0.3, -0.25) is 4.79 Å². The second kappa shape index (κ2) is 10.6. The Kier molecular flexibility index (Phi) is 7.64. The van der Waals surface area contributed by atoms with Gasteiger partial charge in [-0.25, -0.2) is 4.79 Å². The summed E-state index contributed by atoms with van der Waals surface area (Å²) < 4.78 is 22.5. The van der Waals surface area contributed by atoms with Gasteiger partial charge in [0.25, 0.3) is 0 Å². The summed E-state index contributed by atoms with van der Waals surface area (Å²) >= 11 is 0. The molecular formula is C23H26O6. The van der Waals surface area contributed by atoms with Crippen molar-refractivity contribution in [1.82, 2.24) is 0 Å². The van der Waals surface area contributed by atoms with Gasteiger partial charge in [0, 0.05) is 19.3 Å². The SMILES string of the molecule is CCCC(=O)OC1CCOC(Oc2ccccc2C(=O)OCc2ccccc2)C1. The summed E-state index contributed by atoms with van der Waals surface area (Å²) in [5.74, 6) is -0.287. The van der Waals surface area contributed by atoms with Gasteiger partial charge in [-0.2, -0.15) is 0 Å². The Morgan fingerprint density at radius 1 is 1.07 bits per heavy atom. The lowest BCUT2D eigenvalue weighted by Gasteiger charge is -2.29. The van der Waals surface area contributed by atoms with Gasteiger partial charge < -0.3 is 18.9 Å². The predicted octanol–water partition coefficient (Wildman–Crippen LogP) is 4.27. The summed E-state index contributed by atoms with van der Waals surface area (Å²) in [6.45, 7) is 2.55. The smallest absolute Gasteiger partial charge is 0.342 e. The molecule has 2 aromatic rings. The summed E-state index contributed by atoms with van der Waals surface area (Å²) in [7, 11) is 0. The van der Waals surface area contributed by atoms with E-state index in [9.17, 15) is 9.59 Å². The highest BCUT2D eigenvalue weighted by Gasteiger charge is 2.28. The molecule has 0 aliphatic carbocycles. The monoisotopic (exact) mass is 398 g/mol. The van der Waals surface area contributed by atoms with Crippen molar-refractivity contribution in [1.29, 1.82) is 0 Å². The molecule has 1 heterocycles. The molecule has 1 saturated heterocycles. The van der Waals surface area contributed by atoms with Crippen molar-refractivity contribution in [3.8, 4) is 5.75 Å². The van der Waals surface area contributed by atoms with Gasteiger partial charge in [-0.15, -0.1) is 0 Å². The Morgan fingerprint density at radius 2 is 1.83 bits per heavy atom.